The van der Waals surface area contributed by atoms with Crippen molar-refractivity contribution in [2.24, 2.45) is 0 Å². The summed E-state index contributed by atoms with van der Waals surface area (Å²) < 4.78 is 50.5. The van der Waals surface area contributed by atoms with Gasteiger partial charge in [-0.1, -0.05) is 12.1 Å². The van der Waals surface area contributed by atoms with Crippen molar-refractivity contribution >= 4 is 25.8 Å². The molecule has 1 saturated heterocycles. The highest BCUT2D eigenvalue weighted by Crippen LogP contribution is 2.26. The lowest BCUT2D eigenvalue weighted by Gasteiger charge is -2.34. The molecule has 1 aliphatic heterocycles. The van der Waals surface area contributed by atoms with Gasteiger partial charge < -0.3 is 10.4 Å². The molecule has 9 nitrogen and oxygen atoms in total. The number of nitrogens with zero attached hydrogens (tertiary/aromatic N) is 2. The zero-order valence-electron chi connectivity index (χ0n) is 14.8. The van der Waals surface area contributed by atoms with Crippen LogP contribution in [0.4, 0.5) is 0 Å². The van der Waals surface area contributed by atoms with Crippen molar-refractivity contribution in [2.45, 2.75) is 30.5 Å². The maximum atomic E-state index is 13.0. The molecule has 1 amide bonds. The normalized spacial score (nSPS) is 22.7. The topological polar surface area (TPSA) is 124 Å². The van der Waals surface area contributed by atoms with E-state index in [1.54, 1.807) is 12.1 Å². The Morgan fingerprint density at radius 1 is 1.23 bits per heavy atom. The average Bonchev–Trinajstić information content (AvgIpc) is 2.77. The van der Waals surface area contributed by atoms with E-state index < -0.39 is 43.5 Å². The maximum Gasteiger partial charge on any atom is 0.256 e. The zero-order chi connectivity index (χ0) is 19.7. The van der Waals surface area contributed by atoms with Gasteiger partial charge in [-0.3, -0.25) is 4.79 Å². The summed E-state index contributed by atoms with van der Waals surface area (Å²) in [5.74, 6) is -1.10. The third-order valence-electron chi connectivity index (χ3n) is 3.98. The molecule has 1 aromatic carbocycles. The van der Waals surface area contributed by atoms with E-state index in [2.05, 4.69) is 5.32 Å². The van der Waals surface area contributed by atoms with Crippen LogP contribution in [0.5, 0.6) is 0 Å². The molecule has 0 unspecified atom stereocenters. The van der Waals surface area contributed by atoms with E-state index in [0.29, 0.717) is 0 Å². The van der Waals surface area contributed by atoms with Crippen LogP contribution in [0.2, 0.25) is 0 Å². The van der Waals surface area contributed by atoms with Gasteiger partial charge in [0.25, 0.3) is 10.0 Å². The molecule has 0 spiro atoms. The monoisotopic (exact) mass is 405 g/mol. The second kappa shape index (κ2) is 7.61. The molecule has 1 aliphatic rings. The Morgan fingerprint density at radius 3 is 2.23 bits per heavy atom. The predicted molar refractivity (Wildman–Crippen MR) is 95.1 cm³/mol. The van der Waals surface area contributed by atoms with E-state index in [9.17, 15) is 26.7 Å². The summed E-state index contributed by atoms with van der Waals surface area (Å²) in [7, 11) is -4.63. The number of hydrogen-bond donors (Lipinski definition) is 2. The molecule has 0 aliphatic carbocycles. The van der Waals surface area contributed by atoms with Gasteiger partial charge in [-0.05, 0) is 17.7 Å². The number of rotatable bonds is 6. The van der Waals surface area contributed by atoms with Crippen molar-refractivity contribution < 1.29 is 26.7 Å². The lowest BCUT2D eigenvalue weighted by Crippen LogP contribution is -2.53. The van der Waals surface area contributed by atoms with Gasteiger partial charge in [-0.15, -0.1) is 4.41 Å². The Balaban J connectivity index is 2.32. The van der Waals surface area contributed by atoms with Gasteiger partial charge in [0.1, 0.15) is 0 Å². The van der Waals surface area contributed by atoms with E-state index >= 15 is 0 Å². The van der Waals surface area contributed by atoms with Crippen LogP contribution in [-0.2, 0) is 31.2 Å². The molecule has 2 atom stereocenters. The molecule has 1 fully saturated rings. The smallest absolute Gasteiger partial charge is 0.256 e. The average molecular weight is 405 g/mol. The molecule has 0 saturated carbocycles. The number of nitrogens with one attached hydrogen (secondary N) is 1. The Hall–Kier alpha value is -1.53. The third kappa shape index (κ3) is 4.60. The van der Waals surface area contributed by atoms with Crippen LogP contribution in [0.3, 0.4) is 0 Å². The van der Waals surface area contributed by atoms with E-state index in [4.69, 9.17) is 0 Å². The van der Waals surface area contributed by atoms with Crippen molar-refractivity contribution in [1.82, 2.24) is 14.7 Å². The highest BCUT2D eigenvalue weighted by Gasteiger charge is 2.46. The molecule has 2 N–H and O–H groups in total. The Labute approximate surface area is 153 Å². The quantitative estimate of drug-likeness (QED) is 0.579. The SMILES string of the molecule is CC(=O)NCc1ccc(S(=O)(=O)N([C@@H]2CS(=O)(=O)C[C@H]2O)N(C)C)cc1. The number of aliphatic hydroxyl groups is 1. The highest BCUT2D eigenvalue weighted by molar-refractivity contribution is 7.92. The first-order chi connectivity index (χ1) is 11.9. The number of carbonyl (C=O) groups is 1. The lowest BCUT2D eigenvalue weighted by molar-refractivity contribution is -0.119. The fourth-order valence-electron chi connectivity index (χ4n) is 2.83. The first-order valence-corrected chi connectivity index (χ1v) is 11.1. The lowest BCUT2D eigenvalue weighted by atomic mass is 10.2. The fraction of sp³-hybridized carbons (Fsp3) is 0.533. The Morgan fingerprint density at radius 2 is 1.81 bits per heavy atom. The number of benzene rings is 1. The highest BCUT2D eigenvalue weighted by atomic mass is 32.2. The summed E-state index contributed by atoms with van der Waals surface area (Å²) in [5.41, 5.74) is 0.721. The summed E-state index contributed by atoms with van der Waals surface area (Å²) in [6.45, 7) is 1.65. The minimum Gasteiger partial charge on any atom is -0.390 e. The summed E-state index contributed by atoms with van der Waals surface area (Å²) in [4.78, 5) is 10.9. The summed E-state index contributed by atoms with van der Waals surface area (Å²) in [6, 6.07) is 4.83. The molecular formula is C15H23N3O6S2. The van der Waals surface area contributed by atoms with E-state index in [1.165, 1.54) is 38.2 Å². The maximum absolute atomic E-state index is 13.0. The van der Waals surface area contributed by atoms with Gasteiger partial charge in [0, 0.05) is 27.6 Å². The number of carbonyl (C=O) groups excluding carboxylic acids is 1. The van der Waals surface area contributed by atoms with Crippen LogP contribution in [0, 0.1) is 0 Å². The molecule has 0 aromatic heterocycles. The molecule has 26 heavy (non-hydrogen) atoms. The van der Waals surface area contributed by atoms with Gasteiger partial charge >= 0.3 is 0 Å². The van der Waals surface area contributed by atoms with Crippen molar-refractivity contribution in [3.63, 3.8) is 0 Å². The molecule has 146 valence electrons. The molecule has 0 radical (unpaired) electrons. The van der Waals surface area contributed by atoms with Crippen molar-refractivity contribution in [2.75, 3.05) is 25.6 Å². The minimum absolute atomic E-state index is 0.0331. The molecule has 0 bridgehead atoms. The van der Waals surface area contributed by atoms with E-state index in [1.807, 2.05) is 0 Å². The van der Waals surface area contributed by atoms with Crippen LogP contribution in [0.1, 0.15) is 12.5 Å². The number of aliphatic hydroxyl groups excluding tert-OH is 1. The van der Waals surface area contributed by atoms with Crippen LogP contribution in [0.15, 0.2) is 29.2 Å². The van der Waals surface area contributed by atoms with Crippen LogP contribution in [-0.4, -0.2) is 75.0 Å². The van der Waals surface area contributed by atoms with Gasteiger partial charge in [0.05, 0.1) is 28.5 Å². The molecular weight excluding hydrogens is 382 g/mol. The van der Waals surface area contributed by atoms with Gasteiger partial charge in [-0.2, -0.15) is 0 Å². The summed E-state index contributed by atoms with van der Waals surface area (Å²) in [6.07, 6.45) is -1.30. The van der Waals surface area contributed by atoms with Gasteiger partial charge in [-0.25, -0.2) is 21.8 Å². The largest absolute Gasteiger partial charge is 0.390 e. The molecule has 1 heterocycles. The Bertz CT molecular complexity index is 865. The summed E-state index contributed by atoms with van der Waals surface area (Å²) in [5, 5.41) is 13.9. The van der Waals surface area contributed by atoms with Crippen LogP contribution >= 0.6 is 0 Å². The van der Waals surface area contributed by atoms with Gasteiger partial charge in [0.15, 0.2) is 9.84 Å². The number of amides is 1. The number of sulfonamides is 1. The Kier molecular flexibility index (Phi) is 6.08. The second-order valence-electron chi connectivity index (χ2n) is 6.39. The molecule has 2 rings (SSSR count). The first kappa shape index (κ1) is 20.8. The zero-order valence-corrected chi connectivity index (χ0v) is 16.4. The number of hydrazine groups is 1. The number of hydrogen-bond acceptors (Lipinski definition) is 7. The molecule has 1 aromatic rings. The first-order valence-electron chi connectivity index (χ1n) is 7.87. The van der Waals surface area contributed by atoms with Crippen molar-refractivity contribution in [1.29, 1.82) is 0 Å². The second-order valence-corrected chi connectivity index (χ2v) is 10.3. The van der Waals surface area contributed by atoms with Gasteiger partial charge in [0.2, 0.25) is 5.91 Å². The van der Waals surface area contributed by atoms with Crippen molar-refractivity contribution in [3.8, 4) is 0 Å². The predicted octanol–water partition coefficient (Wildman–Crippen LogP) is -1.05. The third-order valence-corrected chi connectivity index (χ3v) is 7.64. The van der Waals surface area contributed by atoms with Crippen LogP contribution in [0.25, 0.3) is 0 Å². The fourth-order valence-corrected chi connectivity index (χ4v) is 6.38. The summed E-state index contributed by atoms with van der Waals surface area (Å²) >= 11 is 0. The standard InChI is InChI=1S/C15H23N3O6S2/c1-11(19)16-8-12-4-6-13(7-5-12)26(23,24)18(17(2)3)14-9-25(21,22)10-15(14)20/h4-7,14-15,20H,8-10H2,1-3H3,(H,16,19)/t14-,15-/m1/s1. The van der Waals surface area contributed by atoms with E-state index in [-0.39, 0.29) is 17.3 Å². The number of sulfone groups is 1. The molecule has 11 heteroatoms. The van der Waals surface area contributed by atoms with Crippen LogP contribution < -0.4 is 5.32 Å². The van der Waals surface area contributed by atoms with E-state index in [0.717, 1.165) is 9.98 Å². The minimum atomic E-state index is -4.07. The van der Waals surface area contributed by atoms with Crippen molar-refractivity contribution in [3.05, 3.63) is 29.8 Å².